The highest BCUT2D eigenvalue weighted by Crippen LogP contribution is 2.32. The Morgan fingerprint density at radius 1 is 1.31 bits per heavy atom. The van der Waals surface area contributed by atoms with E-state index in [-0.39, 0.29) is 17.5 Å². The fraction of sp³-hybridized carbons (Fsp3) is 0.333. The van der Waals surface area contributed by atoms with Crippen LogP contribution in [-0.4, -0.2) is 5.51 Å². The largest absolute Gasteiger partial charge is 0.442 e. The normalized spacial score (nSPS) is 11.7. The van der Waals surface area contributed by atoms with Crippen LogP contribution >= 0.6 is 11.8 Å². The summed E-state index contributed by atoms with van der Waals surface area (Å²) in [5, 5.41) is 0. The van der Waals surface area contributed by atoms with Crippen molar-refractivity contribution in [2.45, 2.75) is 18.2 Å². The zero-order valence-corrected chi connectivity index (χ0v) is 7.88. The van der Waals surface area contributed by atoms with Gasteiger partial charge in [-0.15, -0.1) is 0 Å². The minimum absolute atomic E-state index is 0.00463. The van der Waals surface area contributed by atoms with Gasteiger partial charge >= 0.3 is 5.51 Å². The van der Waals surface area contributed by atoms with Crippen molar-refractivity contribution in [1.29, 1.82) is 0 Å². The Bertz CT molecular complexity index is 280. The summed E-state index contributed by atoms with van der Waals surface area (Å²) in [6, 6.07) is 7.09. The number of rotatable bonds is 2. The highest BCUT2D eigenvalue weighted by Gasteiger charge is 2.27. The van der Waals surface area contributed by atoms with Crippen LogP contribution in [-0.2, 0) is 5.75 Å². The second kappa shape index (κ2) is 4.05. The lowest BCUT2D eigenvalue weighted by Crippen LogP contribution is -2.00. The third-order valence-corrected chi connectivity index (χ3v) is 2.29. The Labute approximate surface area is 79.1 Å². The molecule has 0 atom stereocenters. The Kier molecular flexibility index (Phi) is 3.25. The predicted octanol–water partition coefficient (Wildman–Crippen LogP) is 3.75. The van der Waals surface area contributed by atoms with Crippen molar-refractivity contribution in [3.8, 4) is 0 Å². The first-order valence-electron chi connectivity index (χ1n) is 3.73. The summed E-state index contributed by atoms with van der Waals surface area (Å²) >= 11 is -0.00463. The average molecular weight is 206 g/mol. The van der Waals surface area contributed by atoms with Gasteiger partial charge < -0.3 is 0 Å². The molecule has 0 saturated carbocycles. The molecule has 0 aliphatic rings. The Morgan fingerprint density at radius 2 is 2.00 bits per heavy atom. The van der Waals surface area contributed by atoms with Gasteiger partial charge in [-0.1, -0.05) is 29.8 Å². The molecule has 0 bridgehead atoms. The molecule has 1 aromatic carbocycles. The summed E-state index contributed by atoms with van der Waals surface area (Å²) in [5.41, 5.74) is -2.44. The SMILES string of the molecule is Cc1cccc(CSC(F)(F)F)c1. The van der Waals surface area contributed by atoms with Gasteiger partial charge in [-0.3, -0.25) is 0 Å². The molecule has 0 aliphatic carbocycles. The first-order valence-corrected chi connectivity index (χ1v) is 4.72. The fourth-order valence-electron chi connectivity index (χ4n) is 0.967. The summed E-state index contributed by atoms with van der Waals surface area (Å²) in [6.07, 6.45) is 0. The Hall–Kier alpha value is -0.640. The van der Waals surface area contributed by atoms with Crippen molar-refractivity contribution in [3.63, 3.8) is 0 Å². The third-order valence-electron chi connectivity index (χ3n) is 1.48. The standard InChI is InChI=1S/C9H9F3S/c1-7-3-2-4-8(5-7)6-13-9(10,11)12/h2-5H,6H2,1H3. The van der Waals surface area contributed by atoms with Crippen LogP contribution in [0.5, 0.6) is 0 Å². The van der Waals surface area contributed by atoms with Crippen LogP contribution in [0.4, 0.5) is 13.2 Å². The first kappa shape index (κ1) is 10.4. The van der Waals surface area contributed by atoms with Crippen molar-refractivity contribution in [1.82, 2.24) is 0 Å². The van der Waals surface area contributed by atoms with E-state index in [1.165, 1.54) is 0 Å². The van der Waals surface area contributed by atoms with E-state index in [0.29, 0.717) is 5.56 Å². The molecule has 1 rings (SSSR count). The molecule has 0 saturated heterocycles. The van der Waals surface area contributed by atoms with Crippen molar-refractivity contribution in [2.75, 3.05) is 0 Å². The summed E-state index contributed by atoms with van der Waals surface area (Å²) in [5.74, 6) is -0.00875. The second-order valence-electron chi connectivity index (χ2n) is 2.72. The van der Waals surface area contributed by atoms with Crippen LogP contribution in [0.3, 0.4) is 0 Å². The summed E-state index contributed by atoms with van der Waals surface area (Å²) < 4.78 is 35.4. The maximum absolute atomic E-state index is 11.8. The van der Waals surface area contributed by atoms with Crippen molar-refractivity contribution < 1.29 is 13.2 Å². The summed E-state index contributed by atoms with van der Waals surface area (Å²) in [4.78, 5) is 0. The number of alkyl halides is 3. The molecule has 4 heteroatoms. The molecule has 0 amide bonds. The third kappa shape index (κ3) is 4.22. The van der Waals surface area contributed by atoms with Gasteiger partial charge in [-0.05, 0) is 24.2 Å². The fourth-order valence-corrected chi connectivity index (χ4v) is 1.48. The molecule has 0 aromatic heterocycles. The lowest BCUT2D eigenvalue weighted by molar-refractivity contribution is -0.0329. The minimum atomic E-state index is -4.14. The molecule has 0 spiro atoms. The molecular formula is C9H9F3S. The molecule has 0 aliphatic heterocycles. The molecule has 0 heterocycles. The quantitative estimate of drug-likeness (QED) is 0.710. The van der Waals surface area contributed by atoms with Gasteiger partial charge in [0.2, 0.25) is 0 Å². The van der Waals surface area contributed by atoms with E-state index in [0.717, 1.165) is 5.56 Å². The van der Waals surface area contributed by atoms with Crippen LogP contribution < -0.4 is 0 Å². The van der Waals surface area contributed by atoms with Crippen LogP contribution in [0.1, 0.15) is 11.1 Å². The number of hydrogen-bond donors (Lipinski definition) is 0. The molecule has 0 unspecified atom stereocenters. The monoisotopic (exact) mass is 206 g/mol. The maximum atomic E-state index is 11.8. The molecule has 72 valence electrons. The van der Waals surface area contributed by atoms with E-state index in [2.05, 4.69) is 0 Å². The molecule has 0 nitrogen and oxygen atoms in total. The van der Waals surface area contributed by atoms with Crippen molar-refractivity contribution in [3.05, 3.63) is 35.4 Å². The molecule has 1 aromatic rings. The number of thioether (sulfide) groups is 1. The molecule has 0 radical (unpaired) electrons. The maximum Gasteiger partial charge on any atom is 0.442 e. The van der Waals surface area contributed by atoms with Gasteiger partial charge in [0.05, 0.1) is 0 Å². The molecule has 13 heavy (non-hydrogen) atoms. The Balaban J connectivity index is 2.55. The van der Waals surface area contributed by atoms with Gasteiger partial charge in [0.1, 0.15) is 0 Å². The highest BCUT2D eigenvalue weighted by molar-refractivity contribution is 7.99. The minimum Gasteiger partial charge on any atom is -0.160 e. The van der Waals surface area contributed by atoms with Gasteiger partial charge in [0, 0.05) is 5.75 Å². The smallest absolute Gasteiger partial charge is 0.160 e. The Morgan fingerprint density at radius 3 is 2.54 bits per heavy atom. The molecule has 0 N–H and O–H groups in total. The van der Waals surface area contributed by atoms with E-state index in [4.69, 9.17) is 0 Å². The van der Waals surface area contributed by atoms with Gasteiger partial charge in [0.25, 0.3) is 0 Å². The predicted molar refractivity (Wildman–Crippen MR) is 48.5 cm³/mol. The van der Waals surface area contributed by atoms with Gasteiger partial charge in [-0.25, -0.2) is 0 Å². The van der Waals surface area contributed by atoms with E-state index < -0.39 is 5.51 Å². The van der Waals surface area contributed by atoms with Crippen molar-refractivity contribution >= 4 is 11.8 Å². The summed E-state index contributed by atoms with van der Waals surface area (Å²) in [7, 11) is 0. The van der Waals surface area contributed by atoms with Gasteiger partial charge in [0.15, 0.2) is 0 Å². The zero-order valence-electron chi connectivity index (χ0n) is 7.06. The van der Waals surface area contributed by atoms with E-state index in [1.54, 1.807) is 18.2 Å². The molecular weight excluding hydrogens is 197 g/mol. The number of halogens is 3. The average Bonchev–Trinajstić information content (AvgIpc) is 2.00. The molecule has 0 fully saturated rings. The van der Waals surface area contributed by atoms with E-state index in [1.807, 2.05) is 13.0 Å². The lowest BCUT2D eigenvalue weighted by atomic mass is 10.2. The number of aryl methyl sites for hydroxylation is 1. The van der Waals surface area contributed by atoms with Crippen LogP contribution in [0.15, 0.2) is 24.3 Å². The second-order valence-corrected chi connectivity index (χ2v) is 3.76. The van der Waals surface area contributed by atoms with E-state index >= 15 is 0 Å². The van der Waals surface area contributed by atoms with Crippen LogP contribution in [0.2, 0.25) is 0 Å². The number of hydrogen-bond acceptors (Lipinski definition) is 1. The van der Waals surface area contributed by atoms with E-state index in [9.17, 15) is 13.2 Å². The van der Waals surface area contributed by atoms with Crippen LogP contribution in [0.25, 0.3) is 0 Å². The van der Waals surface area contributed by atoms with Crippen molar-refractivity contribution in [2.24, 2.45) is 0 Å². The highest BCUT2D eigenvalue weighted by atomic mass is 32.2. The number of benzene rings is 1. The van der Waals surface area contributed by atoms with Gasteiger partial charge in [-0.2, -0.15) is 13.2 Å². The van der Waals surface area contributed by atoms with Crippen LogP contribution in [0, 0.1) is 6.92 Å². The summed E-state index contributed by atoms with van der Waals surface area (Å²) in [6.45, 7) is 1.86. The zero-order chi connectivity index (χ0) is 9.90. The topological polar surface area (TPSA) is 0 Å². The lowest BCUT2D eigenvalue weighted by Gasteiger charge is -2.05. The first-order chi connectivity index (χ1) is 5.97.